The van der Waals surface area contributed by atoms with Crippen molar-refractivity contribution in [3.63, 3.8) is 0 Å². The number of urea groups is 1. The van der Waals surface area contributed by atoms with Gasteiger partial charge in [-0.3, -0.25) is 4.90 Å². The van der Waals surface area contributed by atoms with E-state index in [0.717, 1.165) is 32.7 Å². The van der Waals surface area contributed by atoms with Gasteiger partial charge in [-0.1, -0.05) is 30.3 Å². The first kappa shape index (κ1) is 17.8. The Kier molecular flexibility index (Phi) is 6.05. The molecule has 1 aliphatic rings. The van der Waals surface area contributed by atoms with Crippen LogP contribution in [0.3, 0.4) is 0 Å². The minimum atomic E-state index is -0.181. The molecule has 128 valence electrons. The van der Waals surface area contributed by atoms with E-state index in [2.05, 4.69) is 47.5 Å². The molecule has 4 heteroatoms. The molecule has 0 bridgehead atoms. The number of likely N-dealkylation sites (tertiary alicyclic amines) is 1. The van der Waals surface area contributed by atoms with Gasteiger partial charge in [-0.15, -0.1) is 0 Å². The van der Waals surface area contributed by atoms with Crippen molar-refractivity contribution in [1.82, 2.24) is 15.1 Å². The highest BCUT2D eigenvalue weighted by Crippen LogP contribution is 2.20. The monoisotopic (exact) mass is 317 g/mol. The summed E-state index contributed by atoms with van der Waals surface area (Å²) in [7, 11) is 0. The molecule has 0 aromatic heterocycles. The number of hydrogen-bond acceptors (Lipinski definition) is 2. The molecule has 23 heavy (non-hydrogen) atoms. The van der Waals surface area contributed by atoms with Gasteiger partial charge in [0.15, 0.2) is 0 Å². The van der Waals surface area contributed by atoms with Crippen molar-refractivity contribution in [3.05, 3.63) is 35.9 Å². The van der Waals surface area contributed by atoms with Gasteiger partial charge in [0.2, 0.25) is 0 Å². The minimum absolute atomic E-state index is 0.0570. The molecule has 2 amide bonds. The molecule has 1 fully saturated rings. The number of carbonyl (C=O) groups excluding carboxylic acids is 1. The summed E-state index contributed by atoms with van der Waals surface area (Å²) >= 11 is 0. The quantitative estimate of drug-likeness (QED) is 0.904. The van der Waals surface area contributed by atoms with Crippen LogP contribution in [0.2, 0.25) is 0 Å². The zero-order valence-electron chi connectivity index (χ0n) is 15.0. The maximum absolute atomic E-state index is 12.4. The van der Waals surface area contributed by atoms with Crippen LogP contribution in [0, 0.1) is 5.92 Å². The first-order valence-electron chi connectivity index (χ1n) is 8.70. The summed E-state index contributed by atoms with van der Waals surface area (Å²) in [5, 5.41) is 3.07. The van der Waals surface area contributed by atoms with Crippen LogP contribution >= 0.6 is 0 Å². The summed E-state index contributed by atoms with van der Waals surface area (Å²) < 4.78 is 0. The molecular formula is C19H31N3O. The van der Waals surface area contributed by atoms with Crippen LogP contribution in [0.25, 0.3) is 0 Å². The highest BCUT2D eigenvalue weighted by molar-refractivity contribution is 5.74. The number of amides is 2. The lowest BCUT2D eigenvalue weighted by molar-refractivity contribution is 0.181. The Morgan fingerprint density at radius 3 is 2.61 bits per heavy atom. The molecule has 1 heterocycles. The number of benzene rings is 1. The average Bonchev–Trinajstić information content (AvgIpc) is 2.91. The molecule has 0 saturated carbocycles. The van der Waals surface area contributed by atoms with Gasteiger partial charge in [-0.2, -0.15) is 0 Å². The van der Waals surface area contributed by atoms with E-state index in [4.69, 9.17) is 0 Å². The first-order valence-corrected chi connectivity index (χ1v) is 8.70. The zero-order valence-corrected chi connectivity index (χ0v) is 15.0. The highest BCUT2D eigenvalue weighted by Gasteiger charge is 2.26. The standard InChI is InChI=1S/C19H31N3O/c1-5-22(18(23)20-19(2,3)4)15-17-11-12-21(14-17)13-16-9-7-6-8-10-16/h6-10,17H,5,11-15H2,1-4H3,(H,20,23). The summed E-state index contributed by atoms with van der Waals surface area (Å²) in [5.74, 6) is 0.574. The topological polar surface area (TPSA) is 35.6 Å². The molecular weight excluding hydrogens is 286 g/mol. The van der Waals surface area contributed by atoms with Crippen LogP contribution in [-0.2, 0) is 6.54 Å². The van der Waals surface area contributed by atoms with Crippen molar-refractivity contribution < 1.29 is 4.79 Å². The Labute approximate surface area is 140 Å². The predicted octanol–water partition coefficient (Wildman–Crippen LogP) is 3.34. The third kappa shape index (κ3) is 5.87. The van der Waals surface area contributed by atoms with E-state index in [1.54, 1.807) is 0 Å². The highest BCUT2D eigenvalue weighted by atomic mass is 16.2. The van der Waals surface area contributed by atoms with Gasteiger partial charge >= 0.3 is 6.03 Å². The Bertz CT molecular complexity index is 495. The predicted molar refractivity (Wildman–Crippen MR) is 95.4 cm³/mol. The maximum atomic E-state index is 12.4. The molecule has 1 N–H and O–H groups in total. The van der Waals surface area contributed by atoms with Crippen molar-refractivity contribution in [2.75, 3.05) is 26.2 Å². The third-order valence-corrected chi connectivity index (χ3v) is 4.25. The average molecular weight is 317 g/mol. The van der Waals surface area contributed by atoms with Crippen molar-refractivity contribution in [1.29, 1.82) is 0 Å². The molecule has 1 unspecified atom stereocenters. The molecule has 1 aromatic carbocycles. The van der Waals surface area contributed by atoms with Crippen LogP contribution in [0.1, 0.15) is 39.7 Å². The molecule has 1 aliphatic heterocycles. The lowest BCUT2D eigenvalue weighted by atomic mass is 10.1. The van der Waals surface area contributed by atoms with E-state index in [1.165, 1.54) is 12.0 Å². The van der Waals surface area contributed by atoms with E-state index in [-0.39, 0.29) is 11.6 Å². The van der Waals surface area contributed by atoms with E-state index in [1.807, 2.05) is 25.7 Å². The first-order chi connectivity index (χ1) is 10.9. The van der Waals surface area contributed by atoms with Gasteiger partial charge < -0.3 is 10.2 Å². The van der Waals surface area contributed by atoms with Crippen molar-refractivity contribution >= 4 is 6.03 Å². The lowest BCUT2D eigenvalue weighted by Crippen LogP contribution is -2.49. The number of rotatable bonds is 5. The van der Waals surface area contributed by atoms with Gasteiger partial charge in [0.1, 0.15) is 0 Å². The Morgan fingerprint density at radius 2 is 2.00 bits per heavy atom. The van der Waals surface area contributed by atoms with Gasteiger partial charge in [-0.25, -0.2) is 4.79 Å². The largest absolute Gasteiger partial charge is 0.333 e. The van der Waals surface area contributed by atoms with Crippen molar-refractivity contribution in [3.8, 4) is 0 Å². The van der Waals surface area contributed by atoms with Crippen LogP contribution in [0.4, 0.5) is 4.79 Å². The van der Waals surface area contributed by atoms with Crippen LogP contribution in [0.5, 0.6) is 0 Å². The van der Waals surface area contributed by atoms with Gasteiger partial charge in [0.05, 0.1) is 0 Å². The Morgan fingerprint density at radius 1 is 1.30 bits per heavy atom. The summed E-state index contributed by atoms with van der Waals surface area (Å²) in [4.78, 5) is 16.8. The van der Waals surface area contributed by atoms with E-state index in [0.29, 0.717) is 5.92 Å². The number of carbonyl (C=O) groups is 1. The molecule has 2 rings (SSSR count). The summed E-state index contributed by atoms with van der Waals surface area (Å²) in [5.41, 5.74) is 1.19. The van der Waals surface area contributed by atoms with Crippen molar-refractivity contribution in [2.24, 2.45) is 5.92 Å². The van der Waals surface area contributed by atoms with E-state index in [9.17, 15) is 4.79 Å². The number of nitrogens with one attached hydrogen (secondary N) is 1. The smallest absolute Gasteiger partial charge is 0.317 e. The summed E-state index contributed by atoms with van der Waals surface area (Å²) in [6, 6.07) is 10.7. The number of nitrogens with zero attached hydrogens (tertiary/aromatic N) is 2. The van der Waals surface area contributed by atoms with Crippen molar-refractivity contribution in [2.45, 2.75) is 46.2 Å². The van der Waals surface area contributed by atoms with Crippen LogP contribution in [-0.4, -0.2) is 47.5 Å². The van der Waals surface area contributed by atoms with Gasteiger partial charge in [0, 0.05) is 31.7 Å². The molecule has 1 saturated heterocycles. The molecule has 0 radical (unpaired) electrons. The normalized spacial score (nSPS) is 18.9. The fraction of sp³-hybridized carbons (Fsp3) is 0.632. The Hall–Kier alpha value is -1.55. The summed E-state index contributed by atoms with van der Waals surface area (Å²) in [6.07, 6.45) is 1.17. The molecule has 1 atom stereocenters. The van der Waals surface area contributed by atoms with Crippen LogP contribution in [0.15, 0.2) is 30.3 Å². The van der Waals surface area contributed by atoms with E-state index < -0.39 is 0 Å². The minimum Gasteiger partial charge on any atom is -0.333 e. The third-order valence-electron chi connectivity index (χ3n) is 4.25. The fourth-order valence-corrected chi connectivity index (χ4v) is 3.11. The molecule has 4 nitrogen and oxygen atoms in total. The second-order valence-corrected chi connectivity index (χ2v) is 7.59. The molecule has 0 spiro atoms. The summed E-state index contributed by atoms with van der Waals surface area (Å²) in [6.45, 7) is 12.9. The van der Waals surface area contributed by atoms with Gasteiger partial charge in [-0.05, 0) is 52.1 Å². The number of hydrogen-bond donors (Lipinski definition) is 1. The zero-order chi connectivity index (χ0) is 16.9. The van der Waals surface area contributed by atoms with Gasteiger partial charge in [0.25, 0.3) is 0 Å². The second-order valence-electron chi connectivity index (χ2n) is 7.59. The molecule has 0 aliphatic carbocycles. The van der Waals surface area contributed by atoms with Crippen LogP contribution < -0.4 is 5.32 Å². The Balaban J connectivity index is 1.82. The lowest BCUT2D eigenvalue weighted by Gasteiger charge is -2.29. The SMILES string of the molecule is CCN(CC1CCN(Cc2ccccc2)C1)C(=O)NC(C)(C)C. The fourth-order valence-electron chi connectivity index (χ4n) is 3.11. The molecule has 1 aromatic rings. The maximum Gasteiger partial charge on any atom is 0.317 e. The van der Waals surface area contributed by atoms with E-state index >= 15 is 0 Å². The second kappa shape index (κ2) is 7.82.